The van der Waals surface area contributed by atoms with E-state index in [1.165, 1.54) is 16.4 Å². The summed E-state index contributed by atoms with van der Waals surface area (Å²) >= 11 is 0. The minimum atomic E-state index is -3.44. The highest BCUT2D eigenvalue weighted by Crippen LogP contribution is 2.25. The Bertz CT molecular complexity index is 592. The van der Waals surface area contributed by atoms with E-state index < -0.39 is 10.0 Å². The van der Waals surface area contributed by atoms with Crippen molar-refractivity contribution in [3.05, 3.63) is 35.6 Å². The van der Waals surface area contributed by atoms with Crippen LogP contribution >= 0.6 is 0 Å². The molecule has 1 heterocycles. The van der Waals surface area contributed by atoms with Gasteiger partial charge in [0.05, 0.1) is 24.5 Å². The average molecular weight is 330 g/mol. The molecule has 0 amide bonds. The Kier molecular flexibility index (Phi) is 5.91. The lowest BCUT2D eigenvalue weighted by atomic mass is 10.1. The third kappa shape index (κ3) is 4.49. The summed E-state index contributed by atoms with van der Waals surface area (Å²) in [5, 5.41) is 3.17. The summed E-state index contributed by atoms with van der Waals surface area (Å²) in [5.74, 6) is -0.416. The molecule has 0 aliphatic carbocycles. The van der Waals surface area contributed by atoms with Crippen LogP contribution in [0, 0.1) is 5.82 Å². The van der Waals surface area contributed by atoms with Gasteiger partial charge in [0.2, 0.25) is 10.0 Å². The maximum atomic E-state index is 13.4. The number of rotatable bonds is 6. The highest BCUT2D eigenvalue weighted by Gasteiger charge is 2.33. The van der Waals surface area contributed by atoms with Gasteiger partial charge in [0.25, 0.3) is 0 Å². The van der Waals surface area contributed by atoms with E-state index >= 15 is 0 Å². The van der Waals surface area contributed by atoms with E-state index in [1.807, 2.05) is 13.8 Å². The topological polar surface area (TPSA) is 58.6 Å². The first-order valence-electron chi connectivity index (χ1n) is 7.47. The van der Waals surface area contributed by atoms with Crippen molar-refractivity contribution >= 4 is 10.0 Å². The first-order valence-corrected chi connectivity index (χ1v) is 9.08. The summed E-state index contributed by atoms with van der Waals surface area (Å²) in [4.78, 5) is 0. The number of ether oxygens (including phenoxy) is 1. The van der Waals surface area contributed by atoms with Crippen LogP contribution in [0.4, 0.5) is 4.39 Å². The van der Waals surface area contributed by atoms with Crippen molar-refractivity contribution in [1.29, 1.82) is 0 Å². The van der Waals surface area contributed by atoms with Gasteiger partial charge in [0.15, 0.2) is 0 Å². The number of halogens is 1. The summed E-state index contributed by atoms with van der Waals surface area (Å²) in [6.45, 7) is 5.36. The van der Waals surface area contributed by atoms with Crippen LogP contribution in [0.1, 0.15) is 25.5 Å². The molecule has 1 aliphatic rings. The Morgan fingerprint density at radius 1 is 1.45 bits per heavy atom. The van der Waals surface area contributed by atoms with Crippen LogP contribution in [0.5, 0.6) is 0 Å². The molecule has 1 unspecified atom stereocenters. The number of hydrogen-bond acceptors (Lipinski definition) is 4. The van der Waals surface area contributed by atoms with Crippen molar-refractivity contribution in [3.63, 3.8) is 0 Å². The number of nitrogens with zero attached hydrogens (tertiary/aromatic N) is 1. The van der Waals surface area contributed by atoms with Gasteiger partial charge in [-0.1, -0.05) is 12.1 Å². The fraction of sp³-hybridized carbons (Fsp3) is 0.600. The Labute approximate surface area is 131 Å². The van der Waals surface area contributed by atoms with E-state index in [9.17, 15) is 12.8 Å². The fourth-order valence-electron chi connectivity index (χ4n) is 2.52. The highest BCUT2D eigenvalue weighted by molar-refractivity contribution is 7.89. The highest BCUT2D eigenvalue weighted by atomic mass is 32.2. The summed E-state index contributed by atoms with van der Waals surface area (Å²) in [6, 6.07) is 5.73. The van der Waals surface area contributed by atoms with E-state index in [1.54, 1.807) is 12.1 Å². The first kappa shape index (κ1) is 17.3. The molecule has 1 N–H and O–H groups in total. The van der Waals surface area contributed by atoms with Gasteiger partial charge in [0, 0.05) is 19.6 Å². The second-order valence-electron chi connectivity index (χ2n) is 5.62. The Morgan fingerprint density at radius 3 is 2.91 bits per heavy atom. The van der Waals surface area contributed by atoms with Crippen LogP contribution in [0.3, 0.4) is 0 Å². The van der Waals surface area contributed by atoms with E-state index in [2.05, 4.69) is 5.32 Å². The van der Waals surface area contributed by atoms with E-state index in [0.717, 1.165) is 0 Å². The molecule has 124 valence electrons. The maximum absolute atomic E-state index is 13.4. The number of hydrogen-bond donors (Lipinski definition) is 1. The third-order valence-electron chi connectivity index (χ3n) is 3.58. The van der Waals surface area contributed by atoms with Gasteiger partial charge in [-0.3, -0.25) is 0 Å². The largest absolute Gasteiger partial charge is 0.378 e. The molecule has 1 saturated heterocycles. The fourth-order valence-corrected chi connectivity index (χ4v) is 4.02. The molecular formula is C15H23FN2O3S. The molecule has 7 heteroatoms. The van der Waals surface area contributed by atoms with Crippen molar-refractivity contribution in [1.82, 2.24) is 9.62 Å². The number of piperazine rings is 1. The monoisotopic (exact) mass is 330 g/mol. The van der Waals surface area contributed by atoms with Gasteiger partial charge >= 0.3 is 0 Å². The lowest BCUT2D eigenvalue weighted by molar-refractivity contribution is 0.0903. The van der Waals surface area contributed by atoms with Crippen molar-refractivity contribution in [3.8, 4) is 0 Å². The molecule has 1 aliphatic heterocycles. The van der Waals surface area contributed by atoms with Gasteiger partial charge in [-0.15, -0.1) is 0 Å². The standard InChI is InChI=1S/C15H23FN2O3S/c1-12(2)21-8-9-22(19,20)18-7-6-17-11-15(18)13-4-3-5-14(16)10-13/h3-5,10,12,15,17H,6-9,11H2,1-2H3. The molecule has 22 heavy (non-hydrogen) atoms. The molecule has 1 atom stereocenters. The summed E-state index contributed by atoms with van der Waals surface area (Å²) < 4.78 is 45.4. The van der Waals surface area contributed by atoms with Gasteiger partial charge < -0.3 is 10.1 Å². The molecule has 0 spiro atoms. The van der Waals surface area contributed by atoms with Crippen LogP contribution < -0.4 is 5.32 Å². The molecule has 5 nitrogen and oxygen atoms in total. The van der Waals surface area contributed by atoms with Crippen LogP contribution in [0.25, 0.3) is 0 Å². The van der Waals surface area contributed by atoms with Gasteiger partial charge in [-0.2, -0.15) is 4.31 Å². The Morgan fingerprint density at radius 2 is 2.23 bits per heavy atom. The molecule has 0 bridgehead atoms. The number of benzene rings is 1. The van der Waals surface area contributed by atoms with E-state index in [-0.39, 0.29) is 30.3 Å². The Hall–Kier alpha value is -1.02. The third-order valence-corrected chi connectivity index (χ3v) is 5.41. The molecule has 2 rings (SSSR count). The zero-order valence-corrected chi connectivity index (χ0v) is 13.8. The molecule has 1 aromatic rings. The van der Waals surface area contributed by atoms with Gasteiger partial charge in [-0.25, -0.2) is 12.8 Å². The van der Waals surface area contributed by atoms with Crippen molar-refractivity contribution in [2.75, 3.05) is 32.0 Å². The lowest BCUT2D eigenvalue weighted by Gasteiger charge is -2.35. The van der Waals surface area contributed by atoms with Crippen LogP contribution in [-0.4, -0.2) is 50.8 Å². The minimum Gasteiger partial charge on any atom is -0.378 e. The SMILES string of the molecule is CC(C)OCCS(=O)(=O)N1CCNCC1c1cccc(F)c1. The molecule has 1 aromatic carbocycles. The van der Waals surface area contributed by atoms with Crippen molar-refractivity contribution < 1.29 is 17.5 Å². The van der Waals surface area contributed by atoms with Crippen molar-refractivity contribution in [2.24, 2.45) is 0 Å². The molecule has 1 fully saturated rings. The minimum absolute atomic E-state index is 0.00256. The first-order chi connectivity index (χ1) is 10.4. The van der Waals surface area contributed by atoms with E-state index in [4.69, 9.17) is 4.74 Å². The normalized spacial score (nSPS) is 20.5. The van der Waals surface area contributed by atoms with Gasteiger partial charge in [-0.05, 0) is 31.5 Å². The Balaban J connectivity index is 2.15. The predicted molar refractivity (Wildman–Crippen MR) is 83.6 cm³/mol. The zero-order valence-electron chi connectivity index (χ0n) is 13.0. The van der Waals surface area contributed by atoms with Crippen LogP contribution in [0.2, 0.25) is 0 Å². The lowest BCUT2D eigenvalue weighted by Crippen LogP contribution is -2.49. The van der Waals surface area contributed by atoms with Crippen LogP contribution in [-0.2, 0) is 14.8 Å². The molecule has 0 aromatic heterocycles. The summed E-state index contributed by atoms with van der Waals surface area (Å²) in [7, 11) is -3.44. The van der Waals surface area contributed by atoms with E-state index in [0.29, 0.717) is 25.2 Å². The summed E-state index contributed by atoms with van der Waals surface area (Å²) in [6.07, 6.45) is -0.00256. The molecule has 0 radical (unpaired) electrons. The maximum Gasteiger partial charge on any atom is 0.217 e. The van der Waals surface area contributed by atoms with Gasteiger partial charge in [0.1, 0.15) is 5.82 Å². The quantitative estimate of drug-likeness (QED) is 0.859. The second-order valence-corrected chi connectivity index (χ2v) is 7.66. The molecule has 0 saturated carbocycles. The van der Waals surface area contributed by atoms with Crippen molar-refractivity contribution in [2.45, 2.75) is 26.0 Å². The smallest absolute Gasteiger partial charge is 0.217 e. The second kappa shape index (κ2) is 7.50. The number of nitrogens with one attached hydrogen (secondary N) is 1. The zero-order chi connectivity index (χ0) is 16.2. The summed E-state index contributed by atoms with van der Waals surface area (Å²) in [5.41, 5.74) is 0.667. The molecular weight excluding hydrogens is 307 g/mol. The number of sulfonamides is 1. The van der Waals surface area contributed by atoms with Crippen LogP contribution in [0.15, 0.2) is 24.3 Å². The predicted octanol–water partition coefficient (Wildman–Crippen LogP) is 1.53. The average Bonchev–Trinajstić information content (AvgIpc) is 2.46.